The number of amides is 1. The highest BCUT2D eigenvalue weighted by molar-refractivity contribution is 5.96. The van der Waals surface area contributed by atoms with Gasteiger partial charge in [0.15, 0.2) is 0 Å². The summed E-state index contributed by atoms with van der Waals surface area (Å²) in [7, 11) is 0. The van der Waals surface area contributed by atoms with Crippen molar-refractivity contribution < 1.29 is 19.8 Å². The van der Waals surface area contributed by atoms with Gasteiger partial charge in [-0.3, -0.25) is 9.59 Å². The number of carboxylic acids is 1. The van der Waals surface area contributed by atoms with Gasteiger partial charge in [0.25, 0.3) is 0 Å². The third-order valence-corrected chi connectivity index (χ3v) is 4.12. The van der Waals surface area contributed by atoms with E-state index in [1.165, 1.54) is 0 Å². The lowest BCUT2D eigenvalue weighted by atomic mass is 9.95. The third-order valence-electron chi connectivity index (χ3n) is 4.12. The monoisotopic (exact) mass is 291 g/mol. The highest BCUT2D eigenvalue weighted by atomic mass is 16.4. The summed E-state index contributed by atoms with van der Waals surface area (Å²) in [4.78, 5) is 23.7. The Balaban J connectivity index is 2.16. The molecular weight excluding hydrogens is 270 g/mol. The first-order chi connectivity index (χ1) is 9.90. The molecule has 3 N–H and O–H groups in total. The van der Waals surface area contributed by atoms with Gasteiger partial charge >= 0.3 is 5.97 Å². The Hall–Kier alpha value is -1.88. The largest absolute Gasteiger partial charge is 0.481 e. The maximum Gasteiger partial charge on any atom is 0.307 e. The first kappa shape index (κ1) is 15.5. The standard InChI is InChI=1S/C16H21NO4/c1-9-7-12(13(8-9)16(20)21)15(19)17-14-6-4-3-5-11(14)10(2)18/h3-6,9-10,12-13,18H,7-8H2,1-2H3,(H,17,19)(H,20,21). The van der Waals surface area contributed by atoms with Crippen LogP contribution < -0.4 is 5.32 Å². The average Bonchev–Trinajstić information content (AvgIpc) is 2.81. The molecule has 0 bridgehead atoms. The fourth-order valence-electron chi connectivity index (χ4n) is 3.06. The first-order valence-electron chi connectivity index (χ1n) is 7.20. The number of aliphatic hydroxyl groups is 1. The predicted octanol–water partition coefficient (Wildman–Crippen LogP) is 2.43. The van der Waals surface area contributed by atoms with Crippen molar-refractivity contribution in [1.82, 2.24) is 0 Å². The number of rotatable bonds is 4. The molecule has 1 saturated carbocycles. The van der Waals surface area contributed by atoms with E-state index in [1.54, 1.807) is 31.2 Å². The molecule has 21 heavy (non-hydrogen) atoms. The lowest BCUT2D eigenvalue weighted by Crippen LogP contribution is -2.30. The fraction of sp³-hybridized carbons (Fsp3) is 0.500. The molecule has 0 spiro atoms. The SMILES string of the molecule is CC1CC(C(=O)O)C(C(=O)Nc2ccccc2C(C)O)C1. The van der Waals surface area contributed by atoms with Crippen molar-refractivity contribution in [3.63, 3.8) is 0 Å². The Morgan fingerprint density at radius 1 is 1.24 bits per heavy atom. The van der Waals surface area contributed by atoms with Gasteiger partial charge in [-0.25, -0.2) is 0 Å². The lowest BCUT2D eigenvalue weighted by Gasteiger charge is -2.18. The number of aliphatic carboxylic acids is 1. The minimum atomic E-state index is -0.914. The van der Waals surface area contributed by atoms with Crippen LogP contribution >= 0.6 is 0 Å². The van der Waals surface area contributed by atoms with Gasteiger partial charge in [-0.1, -0.05) is 25.1 Å². The molecule has 0 heterocycles. The summed E-state index contributed by atoms with van der Waals surface area (Å²) >= 11 is 0. The van der Waals surface area contributed by atoms with Gasteiger partial charge in [0.1, 0.15) is 0 Å². The summed E-state index contributed by atoms with van der Waals surface area (Å²) < 4.78 is 0. The number of carbonyl (C=O) groups excluding carboxylic acids is 1. The molecule has 0 aliphatic heterocycles. The summed E-state index contributed by atoms with van der Waals surface area (Å²) in [6.07, 6.45) is 0.421. The average molecular weight is 291 g/mol. The highest BCUT2D eigenvalue weighted by Gasteiger charge is 2.41. The molecule has 114 valence electrons. The Kier molecular flexibility index (Phi) is 4.63. The molecule has 0 aromatic heterocycles. The number of para-hydroxylation sites is 1. The van der Waals surface area contributed by atoms with Crippen LogP contribution in [-0.4, -0.2) is 22.1 Å². The van der Waals surface area contributed by atoms with Gasteiger partial charge in [-0.2, -0.15) is 0 Å². The van der Waals surface area contributed by atoms with Crippen molar-refractivity contribution in [3.05, 3.63) is 29.8 Å². The summed E-state index contributed by atoms with van der Waals surface area (Å²) in [6.45, 7) is 3.59. The van der Waals surface area contributed by atoms with E-state index in [4.69, 9.17) is 0 Å². The molecule has 1 fully saturated rings. The summed E-state index contributed by atoms with van der Waals surface area (Å²) in [5.74, 6) is -2.10. The second kappa shape index (κ2) is 6.26. The quantitative estimate of drug-likeness (QED) is 0.795. The van der Waals surface area contributed by atoms with Crippen LogP contribution in [0.1, 0.15) is 38.4 Å². The van der Waals surface area contributed by atoms with Gasteiger partial charge in [0.05, 0.1) is 17.9 Å². The molecule has 0 saturated heterocycles. The predicted molar refractivity (Wildman–Crippen MR) is 78.7 cm³/mol. The van der Waals surface area contributed by atoms with Crippen LogP contribution in [0.5, 0.6) is 0 Å². The van der Waals surface area contributed by atoms with E-state index < -0.39 is 23.9 Å². The van der Waals surface area contributed by atoms with Crippen molar-refractivity contribution in [2.45, 2.75) is 32.8 Å². The minimum absolute atomic E-state index is 0.230. The van der Waals surface area contributed by atoms with Crippen LogP contribution in [0.4, 0.5) is 5.69 Å². The van der Waals surface area contributed by atoms with Crippen molar-refractivity contribution in [3.8, 4) is 0 Å². The zero-order valence-corrected chi connectivity index (χ0v) is 12.2. The number of anilines is 1. The van der Waals surface area contributed by atoms with Crippen molar-refractivity contribution in [1.29, 1.82) is 0 Å². The van der Waals surface area contributed by atoms with E-state index in [0.29, 0.717) is 24.1 Å². The molecule has 5 nitrogen and oxygen atoms in total. The first-order valence-corrected chi connectivity index (χ1v) is 7.20. The van der Waals surface area contributed by atoms with Gasteiger partial charge in [0, 0.05) is 11.3 Å². The van der Waals surface area contributed by atoms with E-state index in [-0.39, 0.29) is 11.8 Å². The van der Waals surface area contributed by atoms with E-state index in [1.807, 2.05) is 6.92 Å². The van der Waals surface area contributed by atoms with Crippen LogP contribution in [0.25, 0.3) is 0 Å². The van der Waals surface area contributed by atoms with Crippen LogP contribution in [-0.2, 0) is 9.59 Å². The van der Waals surface area contributed by atoms with Crippen LogP contribution in [0.15, 0.2) is 24.3 Å². The molecule has 4 unspecified atom stereocenters. The van der Waals surface area contributed by atoms with Crippen LogP contribution in [0.2, 0.25) is 0 Å². The van der Waals surface area contributed by atoms with Gasteiger partial charge in [-0.15, -0.1) is 0 Å². The van der Waals surface area contributed by atoms with E-state index >= 15 is 0 Å². The Bertz CT molecular complexity index is 541. The normalized spacial score (nSPS) is 26.3. The Labute approximate surface area is 124 Å². The van der Waals surface area contributed by atoms with Gasteiger partial charge < -0.3 is 15.5 Å². The molecule has 2 rings (SSSR count). The second-order valence-electron chi connectivity index (χ2n) is 5.88. The Morgan fingerprint density at radius 3 is 2.48 bits per heavy atom. The number of carboxylic acid groups (broad SMARTS) is 1. The molecule has 5 heteroatoms. The molecule has 1 aliphatic carbocycles. The van der Waals surface area contributed by atoms with E-state index in [9.17, 15) is 19.8 Å². The molecule has 0 radical (unpaired) electrons. The second-order valence-corrected chi connectivity index (χ2v) is 5.88. The van der Waals surface area contributed by atoms with Crippen molar-refractivity contribution in [2.75, 3.05) is 5.32 Å². The maximum atomic E-state index is 12.4. The van der Waals surface area contributed by atoms with Crippen molar-refractivity contribution in [2.24, 2.45) is 17.8 Å². The zero-order chi connectivity index (χ0) is 15.6. The van der Waals surface area contributed by atoms with E-state index in [0.717, 1.165) is 0 Å². The molecule has 1 amide bonds. The number of hydrogen-bond acceptors (Lipinski definition) is 3. The summed E-state index contributed by atoms with van der Waals surface area (Å²) in [6, 6.07) is 7.02. The van der Waals surface area contributed by atoms with Gasteiger partial charge in [0.2, 0.25) is 5.91 Å². The third kappa shape index (κ3) is 3.42. The zero-order valence-electron chi connectivity index (χ0n) is 12.2. The molecular formula is C16H21NO4. The topological polar surface area (TPSA) is 86.6 Å². The minimum Gasteiger partial charge on any atom is -0.481 e. The van der Waals surface area contributed by atoms with Crippen molar-refractivity contribution >= 4 is 17.6 Å². The molecule has 1 aliphatic rings. The summed E-state index contributed by atoms with van der Waals surface area (Å²) in [5, 5.41) is 21.7. The van der Waals surface area contributed by atoms with Crippen LogP contribution in [0, 0.1) is 17.8 Å². The number of carbonyl (C=O) groups is 2. The summed E-state index contributed by atoms with van der Waals surface area (Å²) in [5.41, 5.74) is 1.17. The molecule has 1 aromatic rings. The maximum absolute atomic E-state index is 12.4. The number of hydrogen-bond donors (Lipinski definition) is 3. The Morgan fingerprint density at radius 2 is 1.86 bits per heavy atom. The lowest BCUT2D eigenvalue weighted by molar-refractivity contribution is -0.145. The molecule has 1 aromatic carbocycles. The number of benzene rings is 1. The smallest absolute Gasteiger partial charge is 0.307 e. The molecule has 4 atom stereocenters. The number of aliphatic hydroxyl groups excluding tert-OH is 1. The fourth-order valence-corrected chi connectivity index (χ4v) is 3.06. The highest BCUT2D eigenvalue weighted by Crippen LogP contribution is 2.37. The van der Waals surface area contributed by atoms with Crippen LogP contribution in [0.3, 0.4) is 0 Å². The van der Waals surface area contributed by atoms with E-state index in [2.05, 4.69) is 5.32 Å². The number of nitrogens with one attached hydrogen (secondary N) is 1. The van der Waals surface area contributed by atoms with Gasteiger partial charge in [-0.05, 0) is 31.7 Å².